The second-order valence-corrected chi connectivity index (χ2v) is 7.88. The standard InChI is InChI=1S/C16H9BrF3NO5S/c17-13-11-6-1-2-7-12(11)21(14(13)26-15(22)23)27(24,25)10-5-3-4-9(8-10)16(18,19)20/h1-8H,(H,22,23). The van der Waals surface area contributed by atoms with E-state index in [1.165, 1.54) is 18.2 Å². The number of aromatic nitrogens is 1. The number of nitrogens with zero attached hydrogens (tertiary/aromatic N) is 1. The summed E-state index contributed by atoms with van der Waals surface area (Å²) in [6, 6.07) is 9.11. The number of fused-ring (bicyclic) bond motifs is 1. The smallest absolute Gasteiger partial charge is 0.449 e. The average Bonchev–Trinajstić information content (AvgIpc) is 2.87. The summed E-state index contributed by atoms with van der Waals surface area (Å²) in [7, 11) is -4.61. The lowest BCUT2D eigenvalue weighted by atomic mass is 10.2. The summed E-state index contributed by atoms with van der Waals surface area (Å²) in [4.78, 5) is 10.3. The van der Waals surface area contributed by atoms with Crippen molar-refractivity contribution < 1.29 is 36.2 Å². The number of alkyl halides is 3. The van der Waals surface area contributed by atoms with Crippen LogP contribution >= 0.6 is 15.9 Å². The number of hydrogen-bond acceptors (Lipinski definition) is 4. The summed E-state index contributed by atoms with van der Waals surface area (Å²) >= 11 is 3.09. The van der Waals surface area contributed by atoms with Crippen molar-refractivity contribution in [1.82, 2.24) is 3.97 Å². The molecule has 0 saturated carbocycles. The van der Waals surface area contributed by atoms with Crippen LogP contribution < -0.4 is 4.74 Å². The lowest BCUT2D eigenvalue weighted by Gasteiger charge is -2.13. The van der Waals surface area contributed by atoms with Gasteiger partial charge in [-0.3, -0.25) is 0 Å². The van der Waals surface area contributed by atoms with Gasteiger partial charge >= 0.3 is 12.3 Å². The van der Waals surface area contributed by atoms with E-state index in [1.807, 2.05) is 0 Å². The van der Waals surface area contributed by atoms with Crippen LogP contribution in [-0.4, -0.2) is 23.7 Å². The number of ether oxygens (including phenoxy) is 1. The van der Waals surface area contributed by atoms with E-state index in [4.69, 9.17) is 5.11 Å². The predicted molar refractivity (Wildman–Crippen MR) is 92.3 cm³/mol. The molecule has 1 aromatic heterocycles. The molecule has 3 aromatic rings. The van der Waals surface area contributed by atoms with Gasteiger partial charge in [-0.05, 0) is 40.2 Å². The highest BCUT2D eigenvalue weighted by Crippen LogP contribution is 2.40. The van der Waals surface area contributed by atoms with Crippen molar-refractivity contribution in [2.24, 2.45) is 0 Å². The van der Waals surface area contributed by atoms with E-state index in [9.17, 15) is 26.4 Å². The molecule has 27 heavy (non-hydrogen) atoms. The fourth-order valence-electron chi connectivity index (χ4n) is 2.50. The first-order valence-electron chi connectivity index (χ1n) is 7.16. The van der Waals surface area contributed by atoms with Crippen molar-refractivity contribution >= 4 is 43.0 Å². The second kappa shape index (κ2) is 6.57. The Morgan fingerprint density at radius 3 is 2.41 bits per heavy atom. The molecule has 11 heteroatoms. The average molecular weight is 464 g/mol. The van der Waals surface area contributed by atoms with Crippen molar-refractivity contribution in [3.63, 3.8) is 0 Å². The van der Waals surface area contributed by atoms with Gasteiger partial charge in [0.25, 0.3) is 10.0 Å². The highest BCUT2D eigenvalue weighted by Gasteiger charge is 2.33. The molecular weight excluding hydrogens is 455 g/mol. The molecule has 0 radical (unpaired) electrons. The molecule has 2 aromatic carbocycles. The highest BCUT2D eigenvalue weighted by atomic mass is 79.9. The van der Waals surface area contributed by atoms with Gasteiger partial charge in [-0.25, -0.2) is 17.2 Å². The largest absolute Gasteiger partial charge is 0.512 e. The zero-order valence-electron chi connectivity index (χ0n) is 13.1. The molecule has 1 heterocycles. The van der Waals surface area contributed by atoms with E-state index in [0.717, 1.165) is 18.2 Å². The molecule has 0 fully saturated rings. The van der Waals surface area contributed by atoms with Crippen molar-refractivity contribution in [1.29, 1.82) is 0 Å². The number of para-hydroxylation sites is 1. The monoisotopic (exact) mass is 463 g/mol. The molecule has 142 valence electrons. The Morgan fingerprint density at radius 1 is 1.11 bits per heavy atom. The van der Waals surface area contributed by atoms with Gasteiger partial charge in [0.15, 0.2) is 0 Å². The molecule has 0 saturated heterocycles. The molecule has 3 rings (SSSR count). The molecule has 6 nitrogen and oxygen atoms in total. The lowest BCUT2D eigenvalue weighted by molar-refractivity contribution is -0.137. The first-order valence-corrected chi connectivity index (χ1v) is 9.39. The number of hydrogen-bond donors (Lipinski definition) is 1. The summed E-state index contributed by atoms with van der Waals surface area (Å²) in [5.74, 6) is -0.582. The lowest BCUT2D eigenvalue weighted by Crippen LogP contribution is -2.17. The normalized spacial score (nSPS) is 12.3. The maximum Gasteiger partial charge on any atom is 0.512 e. The molecule has 0 aliphatic rings. The van der Waals surface area contributed by atoms with Crippen LogP contribution in [0.15, 0.2) is 57.9 Å². The number of halogens is 4. The van der Waals surface area contributed by atoms with Crippen molar-refractivity contribution in [2.75, 3.05) is 0 Å². The topological polar surface area (TPSA) is 85.6 Å². The zero-order valence-corrected chi connectivity index (χ0v) is 15.5. The van der Waals surface area contributed by atoms with E-state index >= 15 is 0 Å². The molecular formula is C16H9BrF3NO5S. The van der Waals surface area contributed by atoms with Crippen LogP contribution in [0.2, 0.25) is 0 Å². The molecule has 0 aliphatic heterocycles. The van der Waals surface area contributed by atoms with Crippen LogP contribution in [0.25, 0.3) is 10.9 Å². The van der Waals surface area contributed by atoms with Crippen molar-refractivity contribution in [2.45, 2.75) is 11.1 Å². The minimum absolute atomic E-state index is 0.0380. The summed E-state index contributed by atoms with van der Waals surface area (Å²) in [5, 5.41) is 9.24. The van der Waals surface area contributed by atoms with Crippen LogP contribution in [0.5, 0.6) is 5.88 Å². The molecule has 0 atom stereocenters. The SMILES string of the molecule is O=C(O)Oc1c(Br)c2ccccc2n1S(=O)(=O)c1cccc(C(F)(F)F)c1. The maximum atomic E-state index is 13.0. The van der Waals surface area contributed by atoms with Gasteiger partial charge in [0.05, 0.1) is 20.4 Å². The minimum Gasteiger partial charge on any atom is -0.449 e. The van der Waals surface area contributed by atoms with E-state index in [-0.39, 0.29) is 9.99 Å². The fourth-order valence-corrected chi connectivity index (χ4v) is 4.71. The Bertz CT molecular complexity index is 1150. The van der Waals surface area contributed by atoms with Crippen molar-refractivity contribution in [3.8, 4) is 5.88 Å². The Balaban J connectivity index is 2.32. The van der Waals surface area contributed by atoms with Crippen LogP contribution in [0.1, 0.15) is 5.56 Å². The van der Waals surface area contributed by atoms with Gasteiger partial charge < -0.3 is 9.84 Å². The van der Waals surface area contributed by atoms with Gasteiger partial charge in [0.1, 0.15) is 0 Å². The summed E-state index contributed by atoms with van der Waals surface area (Å²) in [6.45, 7) is 0. The summed E-state index contributed by atoms with van der Waals surface area (Å²) in [6.07, 6.45) is -6.52. The Labute approximate surface area is 159 Å². The minimum atomic E-state index is -4.74. The predicted octanol–water partition coefficient (Wildman–Crippen LogP) is 4.72. The second-order valence-electron chi connectivity index (χ2n) is 5.30. The quantitative estimate of drug-likeness (QED) is 0.568. The van der Waals surface area contributed by atoms with Gasteiger partial charge in [0.2, 0.25) is 5.88 Å². The van der Waals surface area contributed by atoms with Crippen LogP contribution in [0, 0.1) is 0 Å². The first-order chi connectivity index (χ1) is 12.5. The molecule has 0 amide bonds. The number of benzene rings is 2. The van der Waals surface area contributed by atoms with Crippen LogP contribution in [0.3, 0.4) is 0 Å². The van der Waals surface area contributed by atoms with E-state index in [0.29, 0.717) is 15.4 Å². The fraction of sp³-hybridized carbons (Fsp3) is 0.0625. The van der Waals surface area contributed by atoms with E-state index in [1.54, 1.807) is 6.07 Å². The van der Waals surface area contributed by atoms with Crippen molar-refractivity contribution in [3.05, 3.63) is 58.6 Å². The third-order valence-corrected chi connectivity index (χ3v) is 6.07. The van der Waals surface area contributed by atoms with Crippen LogP contribution in [-0.2, 0) is 16.2 Å². The number of carboxylic acid groups (broad SMARTS) is 1. The summed E-state index contributed by atoms with van der Waals surface area (Å²) < 4.78 is 70.1. The highest BCUT2D eigenvalue weighted by molar-refractivity contribution is 9.10. The maximum absolute atomic E-state index is 13.0. The third-order valence-electron chi connectivity index (χ3n) is 3.62. The molecule has 0 unspecified atom stereocenters. The van der Waals surface area contributed by atoms with Crippen LogP contribution in [0.4, 0.5) is 18.0 Å². The zero-order chi connectivity index (χ0) is 20.0. The third kappa shape index (κ3) is 3.39. The molecule has 0 aliphatic carbocycles. The van der Waals surface area contributed by atoms with Gasteiger partial charge in [-0.15, -0.1) is 0 Å². The molecule has 1 N–H and O–H groups in total. The Morgan fingerprint density at radius 2 is 1.78 bits per heavy atom. The van der Waals surface area contributed by atoms with Gasteiger partial charge in [-0.2, -0.15) is 13.2 Å². The molecule has 0 spiro atoms. The van der Waals surface area contributed by atoms with E-state index in [2.05, 4.69) is 20.7 Å². The van der Waals surface area contributed by atoms with Gasteiger partial charge in [0, 0.05) is 5.39 Å². The number of rotatable bonds is 3. The van der Waals surface area contributed by atoms with E-state index < -0.39 is 38.7 Å². The Kier molecular flexibility index (Phi) is 4.68. The first kappa shape index (κ1) is 19.2. The van der Waals surface area contributed by atoms with Gasteiger partial charge in [-0.1, -0.05) is 24.3 Å². The summed E-state index contributed by atoms with van der Waals surface area (Å²) in [5.41, 5.74) is -1.11. The Hall–Kier alpha value is -2.53. The number of carbonyl (C=O) groups is 1. The molecule has 0 bridgehead atoms.